The summed E-state index contributed by atoms with van der Waals surface area (Å²) in [5.74, 6) is 0.564. The van der Waals surface area contributed by atoms with Gasteiger partial charge in [0.15, 0.2) is 0 Å². The van der Waals surface area contributed by atoms with Crippen LogP contribution < -0.4 is 4.65 Å². The maximum Gasteiger partial charge on any atom is 0.569 e. The van der Waals surface area contributed by atoms with E-state index < -0.39 is 0 Å². The molecule has 0 saturated carbocycles. The molecule has 1 heterocycles. The van der Waals surface area contributed by atoms with E-state index in [1.54, 1.807) is 0 Å². The fraction of sp³-hybridized carbons (Fsp3) is 0.0270. The first-order valence-electron chi connectivity index (χ1n) is 13.8. The lowest BCUT2D eigenvalue weighted by Gasteiger charge is -2.23. The van der Waals surface area contributed by atoms with Gasteiger partial charge in [0.05, 0.1) is 16.8 Å². The Morgan fingerprint density at radius 2 is 1.20 bits per heavy atom. The van der Waals surface area contributed by atoms with E-state index >= 15 is 0 Å². The third-order valence-corrected chi connectivity index (χ3v) is 7.80. The monoisotopic (exact) mass is 528 g/mol. The number of hydrogen-bond donors (Lipinski definition) is 1. The fourth-order valence-electron chi connectivity index (χ4n) is 6.01. The number of benzene rings is 6. The van der Waals surface area contributed by atoms with Crippen molar-refractivity contribution in [1.29, 1.82) is 0 Å². The van der Waals surface area contributed by atoms with E-state index in [0.29, 0.717) is 13.4 Å². The van der Waals surface area contributed by atoms with E-state index in [-0.39, 0.29) is 5.92 Å². The normalized spacial score (nSPS) is 11.9. The van der Waals surface area contributed by atoms with Crippen molar-refractivity contribution in [2.24, 2.45) is 0 Å². The van der Waals surface area contributed by atoms with Crippen molar-refractivity contribution in [1.82, 2.24) is 4.57 Å². The molecule has 4 heteroatoms. The topological polar surface area (TPSA) is 34.4 Å². The van der Waals surface area contributed by atoms with Crippen LogP contribution in [0.5, 0.6) is 5.75 Å². The van der Waals surface area contributed by atoms with Gasteiger partial charge in [-0.05, 0) is 70.3 Å². The molecule has 0 spiro atoms. The van der Waals surface area contributed by atoms with Gasteiger partial charge in [-0.2, -0.15) is 0 Å². The van der Waals surface area contributed by atoms with Crippen LogP contribution in [0.4, 0.5) is 0 Å². The highest BCUT2D eigenvalue weighted by Crippen LogP contribution is 2.41. The molecule has 195 valence electrons. The number of fused-ring (bicyclic) bond motifs is 3. The summed E-state index contributed by atoms with van der Waals surface area (Å²) in [6.07, 6.45) is 0. The molecule has 1 unspecified atom stereocenters. The Balaban J connectivity index is 1.47. The molecular weight excluding hydrogens is 501 g/mol. The summed E-state index contributed by atoms with van der Waals surface area (Å²) in [5.41, 5.74) is 9.48. The largest absolute Gasteiger partial charge is 0.569 e. The minimum Gasteiger partial charge on any atom is -0.537 e. The van der Waals surface area contributed by atoms with E-state index in [1.165, 1.54) is 44.1 Å². The van der Waals surface area contributed by atoms with Crippen molar-refractivity contribution in [2.45, 2.75) is 5.92 Å². The average molecular weight is 528 g/mol. The Kier molecular flexibility index (Phi) is 6.60. The summed E-state index contributed by atoms with van der Waals surface area (Å²) in [7, 11) is 0.716. The van der Waals surface area contributed by atoms with Crippen LogP contribution in [-0.4, -0.2) is 17.3 Å². The molecule has 0 aliphatic carbocycles. The van der Waals surface area contributed by atoms with Crippen LogP contribution in [0.25, 0.3) is 38.6 Å². The average Bonchev–Trinajstić information content (AvgIpc) is 3.37. The molecule has 0 aliphatic rings. The lowest BCUT2D eigenvalue weighted by Crippen LogP contribution is -2.06. The van der Waals surface area contributed by atoms with Crippen molar-refractivity contribution >= 4 is 29.5 Å². The van der Waals surface area contributed by atoms with Gasteiger partial charge in [-0.15, -0.1) is 0 Å². The Morgan fingerprint density at radius 3 is 1.98 bits per heavy atom. The highest BCUT2D eigenvalue weighted by molar-refractivity contribution is 6.17. The molecule has 1 N–H and O–H groups in total. The number of rotatable bonds is 7. The molecule has 1 aromatic heterocycles. The SMILES string of the molecule is O[B]Oc1ccc(C(c2ccc3c(c2)c2ccccc2n3-c2ccccc2)c2ccccc2-c2ccccc2)cc1. The van der Waals surface area contributed by atoms with Gasteiger partial charge in [-0.25, -0.2) is 0 Å². The number of para-hydroxylation sites is 2. The Bertz CT molecular complexity index is 1950. The summed E-state index contributed by atoms with van der Waals surface area (Å²) in [4.78, 5) is 0. The molecule has 0 amide bonds. The van der Waals surface area contributed by atoms with Crippen LogP contribution in [0.3, 0.4) is 0 Å². The molecular formula is C37H27BNO2. The maximum atomic E-state index is 9.14. The minimum absolute atomic E-state index is 0.0261. The third-order valence-electron chi connectivity index (χ3n) is 7.80. The van der Waals surface area contributed by atoms with Crippen molar-refractivity contribution in [3.8, 4) is 22.6 Å². The summed E-state index contributed by atoms with van der Waals surface area (Å²) < 4.78 is 7.57. The smallest absolute Gasteiger partial charge is 0.537 e. The van der Waals surface area contributed by atoms with Crippen LogP contribution in [0.1, 0.15) is 22.6 Å². The van der Waals surface area contributed by atoms with Crippen molar-refractivity contribution in [2.75, 3.05) is 0 Å². The molecule has 1 atom stereocenters. The Morgan fingerprint density at radius 1 is 0.561 bits per heavy atom. The molecule has 7 aromatic rings. The predicted octanol–water partition coefficient (Wildman–Crippen LogP) is 8.54. The summed E-state index contributed by atoms with van der Waals surface area (Å²) in [6.45, 7) is 0. The number of hydrogen-bond acceptors (Lipinski definition) is 2. The van der Waals surface area contributed by atoms with Crippen LogP contribution in [0.15, 0.2) is 152 Å². The third kappa shape index (κ3) is 4.59. The van der Waals surface area contributed by atoms with Gasteiger partial charge in [0.2, 0.25) is 0 Å². The zero-order valence-corrected chi connectivity index (χ0v) is 22.4. The van der Waals surface area contributed by atoms with Gasteiger partial charge in [0.25, 0.3) is 0 Å². The molecule has 7 rings (SSSR count). The first-order valence-corrected chi connectivity index (χ1v) is 13.8. The van der Waals surface area contributed by atoms with Crippen LogP contribution in [0.2, 0.25) is 0 Å². The van der Waals surface area contributed by atoms with Crippen LogP contribution >= 0.6 is 0 Å². The number of aromatic nitrogens is 1. The second-order valence-corrected chi connectivity index (χ2v) is 10.1. The van der Waals surface area contributed by atoms with E-state index in [4.69, 9.17) is 9.68 Å². The summed E-state index contributed by atoms with van der Waals surface area (Å²) >= 11 is 0. The highest BCUT2D eigenvalue weighted by Gasteiger charge is 2.22. The molecule has 41 heavy (non-hydrogen) atoms. The fourth-order valence-corrected chi connectivity index (χ4v) is 6.01. The molecule has 1 radical (unpaired) electrons. The van der Waals surface area contributed by atoms with Gasteiger partial charge in [-0.1, -0.05) is 109 Å². The second-order valence-electron chi connectivity index (χ2n) is 10.1. The van der Waals surface area contributed by atoms with Gasteiger partial charge >= 0.3 is 7.69 Å². The van der Waals surface area contributed by atoms with Gasteiger partial charge in [0.1, 0.15) is 0 Å². The van der Waals surface area contributed by atoms with E-state index in [1.807, 2.05) is 12.1 Å². The van der Waals surface area contributed by atoms with Crippen LogP contribution in [-0.2, 0) is 0 Å². The lowest BCUT2D eigenvalue weighted by atomic mass is 9.81. The Labute approximate surface area is 240 Å². The van der Waals surface area contributed by atoms with Gasteiger partial charge in [0, 0.05) is 22.4 Å². The Hall–Kier alpha value is -5.06. The zero-order chi connectivity index (χ0) is 27.6. The second kappa shape index (κ2) is 10.8. The quantitative estimate of drug-likeness (QED) is 0.166. The maximum absolute atomic E-state index is 9.14. The lowest BCUT2D eigenvalue weighted by molar-refractivity contribution is 0.453. The molecule has 6 aromatic carbocycles. The van der Waals surface area contributed by atoms with Crippen molar-refractivity contribution in [3.05, 3.63) is 168 Å². The predicted molar refractivity (Wildman–Crippen MR) is 169 cm³/mol. The molecule has 0 fully saturated rings. The molecule has 0 aliphatic heterocycles. The van der Waals surface area contributed by atoms with Crippen molar-refractivity contribution in [3.63, 3.8) is 0 Å². The van der Waals surface area contributed by atoms with E-state index in [9.17, 15) is 0 Å². The summed E-state index contributed by atoms with van der Waals surface area (Å²) in [6, 6.07) is 53.2. The first kappa shape index (κ1) is 24.9. The van der Waals surface area contributed by atoms with Crippen LogP contribution in [0, 0.1) is 0 Å². The zero-order valence-electron chi connectivity index (χ0n) is 22.4. The minimum atomic E-state index is -0.0261. The standard InChI is InChI=1S/C37H27BNO2/c40-38-41-30-22-19-27(20-23-30)37(33-17-8-7-15-31(33)26-11-3-1-4-12-26)28-21-24-36-34(25-28)32-16-9-10-18-35(32)39(36)29-13-5-2-6-14-29/h1-25,37,40H. The van der Waals surface area contributed by atoms with E-state index in [0.717, 1.165) is 11.3 Å². The molecule has 0 bridgehead atoms. The van der Waals surface area contributed by atoms with Crippen molar-refractivity contribution < 1.29 is 9.68 Å². The summed E-state index contributed by atoms with van der Waals surface area (Å²) in [5, 5.41) is 11.6. The van der Waals surface area contributed by atoms with Gasteiger partial charge < -0.3 is 14.2 Å². The number of nitrogens with zero attached hydrogens (tertiary/aromatic N) is 1. The highest BCUT2D eigenvalue weighted by atomic mass is 16.5. The first-order chi connectivity index (χ1) is 20.3. The van der Waals surface area contributed by atoms with Gasteiger partial charge in [-0.3, -0.25) is 0 Å². The molecule has 3 nitrogen and oxygen atoms in total. The molecule has 0 saturated heterocycles. The van der Waals surface area contributed by atoms with E-state index in [2.05, 4.69) is 144 Å².